The maximum atomic E-state index is 13.1. The van der Waals surface area contributed by atoms with E-state index < -0.39 is 0 Å². The number of nitrogens with zero attached hydrogens (tertiary/aromatic N) is 1. The zero-order chi connectivity index (χ0) is 20.6. The zero-order valence-corrected chi connectivity index (χ0v) is 16.9. The third kappa shape index (κ3) is 5.11. The van der Waals surface area contributed by atoms with E-state index in [0.29, 0.717) is 49.2 Å². The average Bonchev–Trinajstić information content (AvgIpc) is 2.79. The molecule has 3 rings (SSSR count). The number of carbonyl (C=O) groups is 3. The summed E-state index contributed by atoms with van der Waals surface area (Å²) in [6.07, 6.45) is 3.33. The van der Waals surface area contributed by atoms with Gasteiger partial charge in [-0.2, -0.15) is 0 Å². The molecule has 2 aromatic rings. The van der Waals surface area contributed by atoms with Crippen molar-refractivity contribution in [2.24, 2.45) is 5.92 Å². The van der Waals surface area contributed by atoms with Gasteiger partial charge in [0.1, 0.15) is 0 Å². The van der Waals surface area contributed by atoms with Crippen LogP contribution in [0.1, 0.15) is 58.9 Å². The summed E-state index contributed by atoms with van der Waals surface area (Å²) in [5.74, 6) is -0.253. The van der Waals surface area contributed by atoms with Crippen molar-refractivity contribution in [1.29, 1.82) is 0 Å². The first-order valence-electron chi connectivity index (χ1n) is 10.4. The lowest BCUT2D eigenvalue weighted by molar-refractivity contribution is -0.126. The van der Waals surface area contributed by atoms with Crippen LogP contribution in [0.15, 0.2) is 54.6 Å². The van der Waals surface area contributed by atoms with Gasteiger partial charge >= 0.3 is 0 Å². The smallest absolute Gasteiger partial charge is 0.254 e. The lowest BCUT2D eigenvalue weighted by atomic mass is 9.93. The Morgan fingerprint density at radius 2 is 1.55 bits per heavy atom. The van der Waals surface area contributed by atoms with Crippen LogP contribution in [0.4, 0.5) is 0 Å². The molecule has 1 heterocycles. The summed E-state index contributed by atoms with van der Waals surface area (Å²) >= 11 is 0. The first-order valence-corrected chi connectivity index (χ1v) is 10.4. The number of rotatable bonds is 7. The first kappa shape index (κ1) is 20.8. The number of hydrogen-bond acceptors (Lipinski definition) is 3. The fourth-order valence-electron chi connectivity index (χ4n) is 3.66. The Morgan fingerprint density at radius 3 is 2.21 bits per heavy atom. The second-order valence-electron chi connectivity index (χ2n) is 7.45. The Bertz CT molecular complexity index is 855. The van der Waals surface area contributed by atoms with Crippen LogP contribution >= 0.6 is 0 Å². The Labute approximate surface area is 172 Å². The molecule has 0 atom stereocenters. The van der Waals surface area contributed by atoms with Crippen molar-refractivity contribution in [3.05, 3.63) is 71.3 Å². The number of carbonyl (C=O) groups excluding carboxylic acids is 3. The third-order valence-corrected chi connectivity index (χ3v) is 5.42. The van der Waals surface area contributed by atoms with E-state index >= 15 is 0 Å². The molecule has 2 aromatic carbocycles. The SMILES string of the molecule is CCCCNC(=O)C1CCN(C(=O)c2ccccc2C(=O)c2ccccc2)CC1. The highest BCUT2D eigenvalue weighted by atomic mass is 16.2. The van der Waals surface area contributed by atoms with Gasteiger partial charge in [0.05, 0.1) is 5.56 Å². The second kappa shape index (κ2) is 10.0. The van der Waals surface area contributed by atoms with Gasteiger partial charge in [-0.15, -0.1) is 0 Å². The molecule has 0 aromatic heterocycles. The number of ketones is 1. The number of amides is 2. The lowest BCUT2D eigenvalue weighted by Gasteiger charge is -2.31. The molecule has 0 spiro atoms. The quantitative estimate of drug-likeness (QED) is 0.577. The molecular weight excluding hydrogens is 364 g/mol. The monoisotopic (exact) mass is 392 g/mol. The van der Waals surface area contributed by atoms with Gasteiger partial charge in [-0.3, -0.25) is 14.4 Å². The standard InChI is InChI=1S/C24H28N2O3/c1-2-3-15-25-23(28)19-13-16-26(17-14-19)24(29)21-12-8-7-11-20(21)22(27)18-9-5-4-6-10-18/h4-12,19H,2-3,13-17H2,1H3,(H,25,28). The minimum Gasteiger partial charge on any atom is -0.356 e. The van der Waals surface area contributed by atoms with Gasteiger partial charge in [-0.1, -0.05) is 61.9 Å². The molecule has 0 unspecified atom stereocenters. The van der Waals surface area contributed by atoms with Gasteiger partial charge in [0.25, 0.3) is 5.91 Å². The Balaban J connectivity index is 1.66. The number of likely N-dealkylation sites (tertiary alicyclic amines) is 1. The van der Waals surface area contributed by atoms with Gasteiger partial charge in [0.2, 0.25) is 5.91 Å². The molecule has 0 aliphatic carbocycles. The summed E-state index contributed by atoms with van der Waals surface area (Å²) in [5.41, 5.74) is 1.41. The molecule has 5 heteroatoms. The molecule has 29 heavy (non-hydrogen) atoms. The molecule has 2 amide bonds. The van der Waals surface area contributed by atoms with Gasteiger partial charge in [-0.05, 0) is 25.3 Å². The summed E-state index contributed by atoms with van der Waals surface area (Å²) in [6, 6.07) is 16.0. The summed E-state index contributed by atoms with van der Waals surface area (Å²) in [6.45, 7) is 3.86. The van der Waals surface area contributed by atoms with E-state index in [4.69, 9.17) is 0 Å². The van der Waals surface area contributed by atoms with Crippen LogP contribution in [0, 0.1) is 5.92 Å². The summed E-state index contributed by atoms with van der Waals surface area (Å²) < 4.78 is 0. The van der Waals surface area contributed by atoms with Gasteiger partial charge in [-0.25, -0.2) is 0 Å². The normalized spacial score (nSPS) is 14.4. The minimum atomic E-state index is -0.153. The van der Waals surface area contributed by atoms with Crippen molar-refractivity contribution in [3.8, 4) is 0 Å². The van der Waals surface area contributed by atoms with Gasteiger partial charge < -0.3 is 10.2 Å². The molecule has 1 N–H and O–H groups in total. The van der Waals surface area contributed by atoms with Gasteiger partial charge in [0, 0.05) is 36.7 Å². The first-order chi connectivity index (χ1) is 14.1. The predicted molar refractivity (Wildman–Crippen MR) is 113 cm³/mol. The van der Waals surface area contributed by atoms with E-state index in [-0.39, 0.29) is 23.5 Å². The molecule has 1 aliphatic heterocycles. The van der Waals surface area contributed by atoms with Crippen molar-refractivity contribution in [3.63, 3.8) is 0 Å². The molecule has 1 aliphatic rings. The van der Waals surface area contributed by atoms with Crippen LogP contribution in [0.3, 0.4) is 0 Å². The van der Waals surface area contributed by atoms with Crippen LogP contribution in [0.2, 0.25) is 0 Å². The molecule has 5 nitrogen and oxygen atoms in total. The Hall–Kier alpha value is -2.95. The van der Waals surface area contributed by atoms with Crippen LogP contribution in [0.5, 0.6) is 0 Å². The summed E-state index contributed by atoms with van der Waals surface area (Å²) in [7, 11) is 0. The van der Waals surface area contributed by atoms with E-state index in [1.54, 1.807) is 41.3 Å². The molecule has 1 saturated heterocycles. The number of nitrogens with one attached hydrogen (secondary N) is 1. The summed E-state index contributed by atoms with van der Waals surface area (Å²) in [5, 5.41) is 2.98. The summed E-state index contributed by atoms with van der Waals surface area (Å²) in [4.78, 5) is 40.0. The second-order valence-corrected chi connectivity index (χ2v) is 7.45. The largest absolute Gasteiger partial charge is 0.356 e. The maximum absolute atomic E-state index is 13.1. The van der Waals surface area contributed by atoms with Crippen molar-refractivity contribution in [2.75, 3.05) is 19.6 Å². The van der Waals surface area contributed by atoms with Crippen LogP contribution in [0.25, 0.3) is 0 Å². The predicted octanol–water partition coefficient (Wildman–Crippen LogP) is 3.69. The van der Waals surface area contributed by atoms with Crippen molar-refractivity contribution < 1.29 is 14.4 Å². The number of piperidine rings is 1. The third-order valence-electron chi connectivity index (χ3n) is 5.42. The molecule has 152 valence electrons. The fourth-order valence-corrected chi connectivity index (χ4v) is 3.66. The van der Waals surface area contributed by atoms with E-state index in [2.05, 4.69) is 12.2 Å². The highest BCUT2D eigenvalue weighted by Gasteiger charge is 2.29. The van der Waals surface area contributed by atoms with Crippen molar-refractivity contribution >= 4 is 17.6 Å². The molecule has 0 saturated carbocycles. The Kier molecular flexibility index (Phi) is 7.17. The van der Waals surface area contributed by atoms with E-state index in [1.807, 2.05) is 18.2 Å². The minimum absolute atomic E-state index is 0.0444. The average molecular weight is 392 g/mol. The molecule has 0 bridgehead atoms. The highest BCUT2D eigenvalue weighted by Crippen LogP contribution is 2.22. The van der Waals surface area contributed by atoms with Crippen molar-refractivity contribution in [1.82, 2.24) is 10.2 Å². The lowest BCUT2D eigenvalue weighted by Crippen LogP contribution is -2.43. The topological polar surface area (TPSA) is 66.5 Å². The zero-order valence-electron chi connectivity index (χ0n) is 16.9. The van der Waals surface area contributed by atoms with Gasteiger partial charge in [0.15, 0.2) is 5.78 Å². The maximum Gasteiger partial charge on any atom is 0.254 e. The van der Waals surface area contributed by atoms with E-state index in [0.717, 1.165) is 12.8 Å². The number of unbranched alkanes of at least 4 members (excludes halogenated alkanes) is 1. The number of benzene rings is 2. The van der Waals surface area contributed by atoms with E-state index in [1.165, 1.54) is 0 Å². The van der Waals surface area contributed by atoms with Crippen LogP contribution < -0.4 is 5.32 Å². The van der Waals surface area contributed by atoms with Crippen LogP contribution in [-0.4, -0.2) is 42.1 Å². The van der Waals surface area contributed by atoms with Crippen LogP contribution in [-0.2, 0) is 4.79 Å². The van der Waals surface area contributed by atoms with Crippen molar-refractivity contribution in [2.45, 2.75) is 32.6 Å². The number of hydrogen-bond donors (Lipinski definition) is 1. The highest BCUT2D eigenvalue weighted by molar-refractivity contribution is 6.15. The van der Waals surface area contributed by atoms with E-state index in [9.17, 15) is 14.4 Å². The molecule has 0 radical (unpaired) electrons. The molecule has 1 fully saturated rings. The Morgan fingerprint density at radius 1 is 0.931 bits per heavy atom. The fraction of sp³-hybridized carbons (Fsp3) is 0.375. The molecular formula is C24H28N2O3.